The van der Waals surface area contributed by atoms with E-state index in [0.717, 1.165) is 22.9 Å². The zero-order valence-electron chi connectivity index (χ0n) is 17.0. The molecule has 0 amide bonds. The van der Waals surface area contributed by atoms with Crippen molar-refractivity contribution >= 4 is 23.5 Å². The molecule has 0 saturated heterocycles. The fraction of sp³-hybridized carbons (Fsp3) is 0.167. The van der Waals surface area contributed by atoms with Crippen LogP contribution in [0.25, 0.3) is 22.3 Å². The van der Waals surface area contributed by atoms with E-state index in [1.165, 1.54) is 0 Å². The number of hydrogen-bond donors (Lipinski definition) is 0. The van der Waals surface area contributed by atoms with Crippen LogP contribution in [-0.2, 0) is 9.53 Å². The molecular formula is C24H18N2O4S. The van der Waals surface area contributed by atoms with E-state index in [0.29, 0.717) is 33.0 Å². The maximum atomic E-state index is 13.1. The highest BCUT2D eigenvalue weighted by Gasteiger charge is 2.34. The van der Waals surface area contributed by atoms with E-state index >= 15 is 0 Å². The van der Waals surface area contributed by atoms with E-state index in [1.54, 1.807) is 38.3 Å². The van der Waals surface area contributed by atoms with Crippen LogP contribution in [0.4, 0.5) is 0 Å². The second-order valence-corrected chi connectivity index (χ2v) is 7.66. The molecule has 0 atom stereocenters. The first-order valence-electron chi connectivity index (χ1n) is 9.64. The number of hydrogen-bond acceptors (Lipinski definition) is 7. The van der Waals surface area contributed by atoms with Crippen molar-refractivity contribution in [3.05, 3.63) is 65.4 Å². The molecule has 0 bridgehead atoms. The van der Waals surface area contributed by atoms with Gasteiger partial charge in [-0.25, -0.2) is 4.98 Å². The van der Waals surface area contributed by atoms with Crippen molar-refractivity contribution in [3.63, 3.8) is 0 Å². The summed E-state index contributed by atoms with van der Waals surface area (Å²) in [6.45, 7) is 2.00. The first-order valence-corrected chi connectivity index (χ1v) is 10.6. The molecule has 0 radical (unpaired) electrons. The van der Waals surface area contributed by atoms with Crippen LogP contribution in [0.15, 0.2) is 53.6 Å². The van der Waals surface area contributed by atoms with Crippen molar-refractivity contribution in [1.82, 2.24) is 4.98 Å². The molecule has 0 unspecified atom stereocenters. The number of nitriles is 1. The highest BCUT2D eigenvalue weighted by molar-refractivity contribution is 7.99. The van der Waals surface area contributed by atoms with E-state index in [2.05, 4.69) is 11.1 Å². The normalized spacial score (nSPS) is 11.5. The minimum atomic E-state index is -0.403. The van der Waals surface area contributed by atoms with Crippen LogP contribution in [-0.4, -0.2) is 36.2 Å². The minimum absolute atomic E-state index is 0.00248. The number of aromatic nitrogens is 1. The van der Waals surface area contributed by atoms with Crippen LogP contribution in [0.3, 0.4) is 0 Å². The lowest BCUT2D eigenvalue weighted by atomic mass is 9.93. The van der Waals surface area contributed by atoms with Crippen molar-refractivity contribution in [2.24, 2.45) is 0 Å². The van der Waals surface area contributed by atoms with Gasteiger partial charge in [-0.15, -0.1) is 0 Å². The van der Waals surface area contributed by atoms with Gasteiger partial charge >= 0.3 is 5.97 Å². The first-order chi connectivity index (χ1) is 15.1. The van der Waals surface area contributed by atoms with Crippen LogP contribution >= 0.6 is 11.8 Å². The number of benzene rings is 2. The molecule has 0 spiro atoms. The molecule has 1 aliphatic carbocycles. The first kappa shape index (κ1) is 20.6. The van der Waals surface area contributed by atoms with Gasteiger partial charge in [0, 0.05) is 16.7 Å². The number of carbonyl (C=O) groups is 2. The van der Waals surface area contributed by atoms with Crippen molar-refractivity contribution in [2.45, 2.75) is 11.9 Å². The fourth-order valence-corrected chi connectivity index (χ4v) is 4.39. The average Bonchev–Trinajstić information content (AvgIpc) is 3.09. The number of thioether (sulfide) groups is 1. The lowest BCUT2D eigenvalue weighted by molar-refractivity contribution is -0.139. The zero-order valence-corrected chi connectivity index (χ0v) is 17.8. The van der Waals surface area contributed by atoms with E-state index in [9.17, 15) is 14.9 Å². The topological polar surface area (TPSA) is 89.3 Å². The van der Waals surface area contributed by atoms with Crippen LogP contribution in [0.5, 0.6) is 5.75 Å². The predicted molar refractivity (Wildman–Crippen MR) is 117 cm³/mol. The minimum Gasteiger partial charge on any atom is -0.497 e. The summed E-state index contributed by atoms with van der Waals surface area (Å²) < 4.78 is 10.2. The highest BCUT2D eigenvalue weighted by Crippen LogP contribution is 2.46. The molecule has 0 aliphatic heterocycles. The Bertz CT molecular complexity index is 1230. The summed E-state index contributed by atoms with van der Waals surface area (Å²) in [6.07, 6.45) is 0. The molecule has 0 N–H and O–H groups in total. The number of rotatable bonds is 6. The maximum absolute atomic E-state index is 13.1. The van der Waals surface area contributed by atoms with Crippen LogP contribution in [0.2, 0.25) is 0 Å². The quantitative estimate of drug-likeness (QED) is 0.329. The van der Waals surface area contributed by atoms with Crippen LogP contribution in [0.1, 0.15) is 28.5 Å². The molecular weight excluding hydrogens is 412 g/mol. The van der Waals surface area contributed by atoms with Gasteiger partial charge in [-0.2, -0.15) is 5.26 Å². The zero-order chi connectivity index (χ0) is 22.0. The smallest absolute Gasteiger partial charge is 0.316 e. The molecule has 2 aromatic carbocycles. The Kier molecular flexibility index (Phi) is 5.74. The van der Waals surface area contributed by atoms with Crippen molar-refractivity contribution in [2.75, 3.05) is 19.5 Å². The molecule has 0 saturated carbocycles. The van der Waals surface area contributed by atoms with Gasteiger partial charge in [0.25, 0.3) is 0 Å². The second-order valence-electron chi connectivity index (χ2n) is 6.70. The van der Waals surface area contributed by atoms with Gasteiger partial charge in [-0.1, -0.05) is 48.2 Å². The number of ether oxygens (including phenoxy) is 2. The number of methoxy groups -OCH3 is 1. The monoisotopic (exact) mass is 430 g/mol. The summed E-state index contributed by atoms with van der Waals surface area (Å²) in [5, 5.41) is 10.4. The third kappa shape index (κ3) is 3.66. The van der Waals surface area contributed by atoms with Gasteiger partial charge in [-0.05, 0) is 30.2 Å². The van der Waals surface area contributed by atoms with Gasteiger partial charge in [0.2, 0.25) is 5.78 Å². The van der Waals surface area contributed by atoms with Crippen LogP contribution in [0, 0.1) is 11.3 Å². The Morgan fingerprint density at radius 1 is 1.10 bits per heavy atom. The maximum Gasteiger partial charge on any atom is 0.316 e. The number of nitrogens with zero attached hydrogens (tertiary/aromatic N) is 2. The van der Waals surface area contributed by atoms with Gasteiger partial charge in [0.1, 0.15) is 22.5 Å². The fourth-order valence-electron chi connectivity index (χ4n) is 3.60. The molecule has 1 aromatic heterocycles. The lowest BCUT2D eigenvalue weighted by Crippen LogP contribution is -2.08. The summed E-state index contributed by atoms with van der Waals surface area (Å²) in [5.41, 5.74) is 3.94. The van der Waals surface area contributed by atoms with E-state index < -0.39 is 5.97 Å². The molecule has 1 aliphatic rings. The Hall–Kier alpha value is -3.63. The Balaban J connectivity index is 1.94. The molecule has 154 valence electrons. The second kappa shape index (κ2) is 8.62. The Morgan fingerprint density at radius 3 is 2.45 bits per heavy atom. The number of esters is 1. The predicted octanol–water partition coefficient (Wildman–Crippen LogP) is 4.50. The van der Waals surface area contributed by atoms with E-state index in [-0.39, 0.29) is 23.8 Å². The molecule has 3 aromatic rings. The lowest BCUT2D eigenvalue weighted by Gasteiger charge is -2.15. The Labute approximate surface area is 183 Å². The molecule has 31 heavy (non-hydrogen) atoms. The third-order valence-electron chi connectivity index (χ3n) is 4.94. The van der Waals surface area contributed by atoms with Crippen molar-refractivity contribution < 1.29 is 19.1 Å². The van der Waals surface area contributed by atoms with Gasteiger partial charge in [0.05, 0.1) is 25.0 Å². The van der Waals surface area contributed by atoms with Gasteiger partial charge in [-0.3, -0.25) is 9.59 Å². The van der Waals surface area contributed by atoms with E-state index in [4.69, 9.17) is 9.47 Å². The van der Waals surface area contributed by atoms with Crippen LogP contribution < -0.4 is 4.74 Å². The summed E-state index contributed by atoms with van der Waals surface area (Å²) in [5.74, 6) is 0.0841. The molecule has 6 nitrogen and oxygen atoms in total. The molecule has 1 heterocycles. The molecule has 0 fully saturated rings. The third-order valence-corrected chi connectivity index (χ3v) is 5.89. The summed E-state index contributed by atoms with van der Waals surface area (Å²) in [4.78, 5) is 29.5. The number of pyridine rings is 1. The van der Waals surface area contributed by atoms with E-state index in [1.807, 2.05) is 24.3 Å². The number of ketones is 1. The number of carbonyl (C=O) groups excluding carboxylic acids is 2. The van der Waals surface area contributed by atoms with Crippen molar-refractivity contribution in [3.8, 4) is 34.1 Å². The molecule has 7 heteroatoms. The average molecular weight is 430 g/mol. The highest BCUT2D eigenvalue weighted by atomic mass is 32.2. The van der Waals surface area contributed by atoms with Gasteiger partial charge in [0.15, 0.2) is 0 Å². The Morgan fingerprint density at radius 2 is 1.81 bits per heavy atom. The number of fused-ring (bicyclic) bond motifs is 3. The van der Waals surface area contributed by atoms with Gasteiger partial charge < -0.3 is 9.47 Å². The van der Waals surface area contributed by atoms with Crippen molar-refractivity contribution in [1.29, 1.82) is 5.26 Å². The summed E-state index contributed by atoms with van der Waals surface area (Å²) >= 11 is 1.10. The SMILES string of the molecule is CCOC(=O)CSc1nc2c(c(-c3ccc(OC)cc3)c1C#N)-c1ccccc1C2=O. The standard InChI is InChI=1S/C24H18N2O4S/c1-3-30-19(27)13-31-24-18(12-25)20(14-8-10-15(29-2)11-9-14)21-16-6-4-5-7-17(16)23(28)22(21)26-24/h4-11H,3,13H2,1-2H3. The molecule has 4 rings (SSSR count). The summed E-state index contributed by atoms with van der Waals surface area (Å²) in [6, 6.07) is 16.8. The summed E-state index contributed by atoms with van der Waals surface area (Å²) in [7, 11) is 1.58. The largest absolute Gasteiger partial charge is 0.497 e.